The number of fused-ring (bicyclic) bond motifs is 1. The van der Waals surface area contributed by atoms with Gasteiger partial charge in [0.1, 0.15) is 5.82 Å². The second kappa shape index (κ2) is 10.2. The topological polar surface area (TPSA) is 96.3 Å². The van der Waals surface area contributed by atoms with Gasteiger partial charge in [-0.3, -0.25) is 9.59 Å². The molecular formula is C26H29ClFNO6. The van der Waals surface area contributed by atoms with E-state index < -0.39 is 42.0 Å². The number of ether oxygens (including phenoxy) is 2. The molecule has 2 heterocycles. The summed E-state index contributed by atoms with van der Waals surface area (Å²) in [5.41, 5.74) is -0.361. The number of aliphatic carboxylic acids is 1. The van der Waals surface area contributed by atoms with Gasteiger partial charge in [-0.25, -0.2) is 4.39 Å². The Morgan fingerprint density at radius 3 is 2.51 bits per heavy atom. The number of amides is 1. The van der Waals surface area contributed by atoms with E-state index in [-0.39, 0.29) is 17.0 Å². The van der Waals surface area contributed by atoms with Crippen LogP contribution in [-0.4, -0.2) is 47.3 Å². The van der Waals surface area contributed by atoms with Crippen molar-refractivity contribution in [1.29, 1.82) is 0 Å². The number of carbonyl (C=O) groups is 2. The lowest BCUT2D eigenvalue weighted by Crippen LogP contribution is -2.38. The molecule has 0 bridgehead atoms. The van der Waals surface area contributed by atoms with Crippen LogP contribution in [0.15, 0.2) is 36.4 Å². The molecule has 2 N–H and O–H groups in total. The molecule has 1 amide bonds. The number of nitrogens with zero attached hydrogens (tertiary/aromatic N) is 1. The summed E-state index contributed by atoms with van der Waals surface area (Å²) in [5, 5.41) is 21.7. The van der Waals surface area contributed by atoms with Crippen LogP contribution >= 0.6 is 11.6 Å². The fourth-order valence-corrected chi connectivity index (χ4v) is 5.47. The number of hydrogen-bond acceptors (Lipinski definition) is 5. The number of carboxylic acid groups (broad SMARTS) is 1. The van der Waals surface area contributed by atoms with E-state index in [1.54, 1.807) is 24.3 Å². The highest BCUT2D eigenvalue weighted by Crippen LogP contribution is 2.46. The summed E-state index contributed by atoms with van der Waals surface area (Å²) in [6, 6.07) is 8.38. The maximum Gasteiger partial charge on any atom is 0.305 e. The molecule has 1 saturated heterocycles. The van der Waals surface area contributed by atoms with E-state index in [0.717, 1.165) is 0 Å². The third-order valence-corrected chi connectivity index (χ3v) is 7.46. The number of halogens is 2. The van der Waals surface area contributed by atoms with Crippen molar-refractivity contribution in [2.75, 3.05) is 20.3 Å². The van der Waals surface area contributed by atoms with Crippen molar-refractivity contribution in [2.24, 2.45) is 5.92 Å². The summed E-state index contributed by atoms with van der Waals surface area (Å²) in [4.78, 5) is 26.7. The molecule has 4 rings (SSSR count). The maximum atomic E-state index is 15.6. The highest BCUT2D eigenvalue weighted by molar-refractivity contribution is 6.30. The highest BCUT2D eigenvalue weighted by Gasteiger charge is 2.46. The van der Waals surface area contributed by atoms with Crippen molar-refractivity contribution in [3.05, 3.63) is 69.5 Å². The minimum atomic E-state index is -1.33. The first-order chi connectivity index (χ1) is 16.7. The van der Waals surface area contributed by atoms with Crippen LogP contribution in [-0.2, 0) is 19.9 Å². The highest BCUT2D eigenvalue weighted by atomic mass is 35.5. The Morgan fingerprint density at radius 1 is 1.29 bits per heavy atom. The standard InChI is InChI=1S/C26H29ClFNO6/c1-3-26(33,16-8-10-35-11-9-16)17-12-19-23(20(28)13-17)25(34-2)29(24(19)32)21(14-22(30)31)15-4-6-18(27)7-5-15/h4-7,12-13,16,21,25,33H,3,8-11,14H2,1-2H3,(H,30,31)/t21?,25-,26+/m1/s1. The van der Waals surface area contributed by atoms with E-state index in [0.29, 0.717) is 48.6 Å². The lowest BCUT2D eigenvalue weighted by molar-refractivity contribution is -0.139. The minimum absolute atomic E-state index is 0.0380. The van der Waals surface area contributed by atoms with E-state index in [2.05, 4.69) is 0 Å². The Balaban J connectivity index is 1.79. The molecule has 0 aliphatic carbocycles. The quantitative estimate of drug-likeness (QED) is 0.534. The molecule has 9 heteroatoms. The van der Waals surface area contributed by atoms with E-state index in [9.17, 15) is 19.8 Å². The molecule has 35 heavy (non-hydrogen) atoms. The lowest BCUT2D eigenvalue weighted by Gasteiger charge is -2.38. The molecule has 1 fully saturated rings. The van der Waals surface area contributed by atoms with Gasteiger partial charge in [0, 0.05) is 30.9 Å². The molecule has 2 aromatic carbocycles. The zero-order valence-electron chi connectivity index (χ0n) is 19.7. The summed E-state index contributed by atoms with van der Waals surface area (Å²) < 4.78 is 26.6. The van der Waals surface area contributed by atoms with Crippen LogP contribution in [0, 0.1) is 11.7 Å². The van der Waals surface area contributed by atoms with Crippen molar-refractivity contribution in [3.8, 4) is 0 Å². The van der Waals surface area contributed by atoms with Gasteiger partial charge in [-0.1, -0.05) is 30.7 Å². The summed E-state index contributed by atoms with van der Waals surface area (Å²) in [6.45, 7) is 2.85. The van der Waals surface area contributed by atoms with Gasteiger partial charge in [-0.15, -0.1) is 0 Å². The number of carbonyl (C=O) groups excluding carboxylic acids is 1. The molecule has 2 aromatic rings. The van der Waals surface area contributed by atoms with Crippen molar-refractivity contribution in [3.63, 3.8) is 0 Å². The van der Waals surface area contributed by atoms with Crippen LogP contribution < -0.4 is 0 Å². The van der Waals surface area contributed by atoms with E-state index in [4.69, 9.17) is 21.1 Å². The number of methoxy groups -OCH3 is 1. The predicted octanol–water partition coefficient (Wildman–Crippen LogP) is 4.82. The van der Waals surface area contributed by atoms with Crippen LogP contribution in [0.2, 0.25) is 5.02 Å². The largest absolute Gasteiger partial charge is 0.481 e. The van der Waals surface area contributed by atoms with Crippen LogP contribution in [0.3, 0.4) is 0 Å². The third-order valence-electron chi connectivity index (χ3n) is 7.21. The van der Waals surface area contributed by atoms with Gasteiger partial charge >= 0.3 is 5.97 Å². The van der Waals surface area contributed by atoms with Crippen molar-refractivity contribution in [1.82, 2.24) is 4.90 Å². The number of hydrogen-bond donors (Lipinski definition) is 2. The van der Waals surface area contributed by atoms with Crippen LogP contribution in [0.1, 0.15) is 71.9 Å². The van der Waals surface area contributed by atoms with E-state index in [1.807, 2.05) is 6.92 Å². The fourth-order valence-electron chi connectivity index (χ4n) is 5.35. The molecule has 0 radical (unpaired) electrons. The van der Waals surface area contributed by atoms with Crippen molar-refractivity contribution in [2.45, 2.75) is 50.5 Å². The monoisotopic (exact) mass is 505 g/mol. The molecule has 188 valence electrons. The summed E-state index contributed by atoms with van der Waals surface area (Å²) in [6.07, 6.45) is 0.0663. The Labute approximate surface area is 208 Å². The molecule has 3 atom stereocenters. The van der Waals surface area contributed by atoms with E-state index in [1.165, 1.54) is 24.1 Å². The molecule has 1 unspecified atom stereocenters. The number of carboxylic acids is 1. The van der Waals surface area contributed by atoms with Gasteiger partial charge in [0.2, 0.25) is 0 Å². The zero-order valence-corrected chi connectivity index (χ0v) is 20.4. The predicted molar refractivity (Wildman–Crippen MR) is 126 cm³/mol. The van der Waals surface area contributed by atoms with Gasteiger partial charge in [0.05, 0.1) is 23.6 Å². The molecule has 0 spiro atoms. The zero-order chi connectivity index (χ0) is 25.3. The molecule has 0 aromatic heterocycles. The Morgan fingerprint density at radius 2 is 1.94 bits per heavy atom. The van der Waals surface area contributed by atoms with Crippen LogP contribution in [0.5, 0.6) is 0 Å². The SMILES string of the molecule is CC[C@@](O)(c1cc(F)c2c(c1)C(=O)N(C(CC(=O)O)c1ccc(Cl)cc1)[C@@H]2OC)C1CCOCC1. The average Bonchev–Trinajstić information content (AvgIpc) is 3.15. The number of rotatable bonds is 8. The van der Waals surface area contributed by atoms with Gasteiger partial charge in [-0.05, 0) is 60.6 Å². The average molecular weight is 506 g/mol. The maximum absolute atomic E-state index is 15.6. The first kappa shape index (κ1) is 25.6. The summed E-state index contributed by atoms with van der Waals surface area (Å²) >= 11 is 6.00. The smallest absolute Gasteiger partial charge is 0.305 e. The second-order valence-corrected chi connectivity index (χ2v) is 9.49. The van der Waals surface area contributed by atoms with Crippen molar-refractivity contribution < 1.29 is 33.7 Å². The van der Waals surface area contributed by atoms with Crippen molar-refractivity contribution >= 4 is 23.5 Å². The first-order valence-corrected chi connectivity index (χ1v) is 12.1. The van der Waals surface area contributed by atoms with Gasteiger partial charge in [0.15, 0.2) is 6.23 Å². The number of aliphatic hydroxyl groups is 1. The normalized spacial score (nSPS) is 21.0. The minimum Gasteiger partial charge on any atom is -0.481 e. The van der Waals surface area contributed by atoms with Gasteiger partial charge in [-0.2, -0.15) is 0 Å². The second-order valence-electron chi connectivity index (χ2n) is 9.05. The molecule has 0 saturated carbocycles. The molecule has 2 aliphatic heterocycles. The Kier molecular flexibility index (Phi) is 7.47. The van der Waals surface area contributed by atoms with Gasteiger partial charge < -0.3 is 24.6 Å². The van der Waals surface area contributed by atoms with E-state index >= 15 is 4.39 Å². The molecule has 7 nitrogen and oxygen atoms in total. The lowest BCUT2D eigenvalue weighted by atomic mass is 9.75. The molecular weight excluding hydrogens is 477 g/mol. The first-order valence-electron chi connectivity index (χ1n) is 11.7. The van der Waals surface area contributed by atoms with Crippen LogP contribution in [0.4, 0.5) is 4.39 Å². The Bertz CT molecular complexity index is 1100. The Hall–Kier alpha value is -2.52. The summed E-state index contributed by atoms with van der Waals surface area (Å²) in [5.74, 6) is -2.49. The van der Waals surface area contributed by atoms with Gasteiger partial charge in [0.25, 0.3) is 5.91 Å². The molecule has 2 aliphatic rings. The van der Waals surface area contributed by atoms with Crippen LogP contribution in [0.25, 0.3) is 0 Å². The third kappa shape index (κ3) is 4.68. The summed E-state index contributed by atoms with van der Waals surface area (Å²) in [7, 11) is 1.34. The fraction of sp³-hybridized carbons (Fsp3) is 0.462. The number of benzene rings is 2.